The number of carboxylic acids is 2. The van der Waals surface area contributed by atoms with Crippen molar-refractivity contribution in [3.05, 3.63) is 153 Å². The molecule has 2 aliphatic heterocycles. The summed E-state index contributed by atoms with van der Waals surface area (Å²) in [5, 5.41) is 25.6. The van der Waals surface area contributed by atoms with Gasteiger partial charge in [0.25, 0.3) is 0 Å². The van der Waals surface area contributed by atoms with Gasteiger partial charge in [-0.15, -0.1) is 22.7 Å². The summed E-state index contributed by atoms with van der Waals surface area (Å²) in [5.41, 5.74) is 7.45. The standard InChI is InChI=1S/2C23H22O5S.Ca/c2*1-16-9-10-29-22(16)18-4-2-3-17(11-18)12-27-20-7-5-19(6-8-20)23(14-26-15-23)28-13-21(24)25;/h2*2-11H,12-15H2,1H3,(H,24,25);/q;;+2/p-2. The number of aliphatic carboxylic acids is 2. The molecule has 6 aromatic rings. The molecule has 0 saturated carbocycles. The number of carbonyl (C=O) groups excluding carboxylic acids is 2. The average molecular weight is 859 g/mol. The Morgan fingerprint density at radius 2 is 0.983 bits per heavy atom. The summed E-state index contributed by atoms with van der Waals surface area (Å²) >= 11 is 3.48. The molecular formula is C46H42CaO10S2. The fourth-order valence-electron chi connectivity index (χ4n) is 6.62. The summed E-state index contributed by atoms with van der Waals surface area (Å²) in [6, 6.07) is 36.0. The summed E-state index contributed by atoms with van der Waals surface area (Å²) in [5.74, 6) is -1.00. The van der Waals surface area contributed by atoms with Gasteiger partial charge in [0.05, 0.1) is 51.6 Å². The Labute approximate surface area is 381 Å². The molecule has 0 bridgehead atoms. The Bertz CT molecular complexity index is 2150. The van der Waals surface area contributed by atoms with Gasteiger partial charge in [0.2, 0.25) is 0 Å². The number of carboxylic acid groups (broad SMARTS) is 2. The summed E-state index contributed by atoms with van der Waals surface area (Å²) in [6.45, 7) is 5.57. The Kier molecular flexibility index (Phi) is 15.4. The normalized spacial score (nSPS) is 14.7. The molecule has 4 heterocycles. The van der Waals surface area contributed by atoms with Crippen molar-refractivity contribution in [3.63, 3.8) is 0 Å². The third kappa shape index (κ3) is 11.2. The fourth-order valence-corrected chi connectivity index (χ4v) is 8.47. The first-order chi connectivity index (χ1) is 28.1. The zero-order valence-electron chi connectivity index (χ0n) is 32.8. The van der Waals surface area contributed by atoms with Gasteiger partial charge >= 0.3 is 37.7 Å². The van der Waals surface area contributed by atoms with Crippen LogP contribution in [0.3, 0.4) is 0 Å². The summed E-state index contributed by atoms with van der Waals surface area (Å²) in [4.78, 5) is 24.0. The van der Waals surface area contributed by atoms with E-state index < -0.39 is 36.4 Å². The van der Waals surface area contributed by atoms with Crippen LogP contribution in [-0.2, 0) is 53.0 Å². The van der Waals surface area contributed by atoms with Crippen LogP contribution >= 0.6 is 22.7 Å². The van der Waals surface area contributed by atoms with Crippen molar-refractivity contribution in [2.75, 3.05) is 39.6 Å². The van der Waals surface area contributed by atoms with Crippen LogP contribution in [0.15, 0.2) is 120 Å². The second-order valence-corrected chi connectivity index (χ2v) is 16.0. The van der Waals surface area contributed by atoms with Crippen molar-refractivity contribution in [2.45, 2.75) is 38.3 Å². The van der Waals surface area contributed by atoms with Gasteiger partial charge in [-0.25, -0.2) is 0 Å². The maximum Gasteiger partial charge on any atom is 2.00 e. The van der Waals surface area contributed by atoms with E-state index in [1.807, 2.05) is 60.7 Å². The van der Waals surface area contributed by atoms with Crippen molar-refractivity contribution in [2.24, 2.45) is 0 Å². The molecule has 0 N–H and O–H groups in total. The number of hydrogen-bond donors (Lipinski definition) is 0. The van der Waals surface area contributed by atoms with E-state index in [4.69, 9.17) is 28.4 Å². The molecule has 59 heavy (non-hydrogen) atoms. The zero-order valence-corrected chi connectivity index (χ0v) is 36.7. The quantitative estimate of drug-likeness (QED) is 0.104. The molecule has 10 nitrogen and oxygen atoms in total. The molecule has 0 aliphatic carbocycles. The van der Waals surface area contributed by atoms with E-state index in [0.29, 0.717) is 39.6 Å². The summed E-state index contributed by atoms with van der Waals surface area (Å²) < 4.78 is 33.4. The fraction of sp³-hybridized carbons (Fsp3) is 0.261. The molecule has 2 saturated heterocycles. The molecule has 13 heteroatoms. The summed E-state index contributed by atoms with van der Waals surface area (Å²) in [6.07, 6.45) is 0. The molecule has 300 valence electrons. The van der Waals surface area contributed by atoms with Gasteiger partial charge < -0.3 is 48.2 Å². The first kappa shape index (κ1) is 44.5. The molecule has 0 atom stereocenters. The van der Waals surface area contributed by atoms with E-state index in [1.165, 1.54) is 32.0 Å². The summed E-state index contributed by atoms with van der Waals surface area (Å²) in [7, 11) is 0. The number of carbonyl (C=O) groups is 2. The molecule has 2 fully saturated rings. The van der Waals surface area contributed by atoms with Gasteiger partial charge in [0, 0.05) is 9.75 Å². The van der Waals surface area contributed by atoms with Crippen molar-refractivity contribution in [3.8, 4) is 32.4 Å². The van der Waals surface area contributed by atoms with Crippen molar-refractivity contribution < 1.29 is 48.2 Å². The SMILES string of the molecule is Cc1ccsc1-c1cccc(COc2ccc(C3(OCC(=O)[O-])COC3)cc2)c1.Cc1ccsc1-c1cccc(COc2ccc(C3(OCC(=O)[O-])COC3)cc2)c1.[Ca+2]. The number of aryl methyl sites for hydroxylation is 2. The van der Waals surface area contributed by atoms with E-state index in [1.54, 1.807) is 22.7 Å². The van der Waals surface area contributed by atoms with Crippen LogP contribution in [0.2, 0.25) is 0 Å². The van der Waals surface area contributed by atoms with Gasteiger partial charge in [-0.05, 0) is 118 Å². The monoisotopic (exact) mass is 858 g/mol. The molecule has 0 amide bonds. The number of thiophene rings is 2. The third-order valence-electron chi connectivity index (χ3n) is 9.95. The van der Waals surface area contributed by atoms with Crippen LogP contribution in [0, 0.1) is 13.8 Å². The number of benzene rings is 4. The molecule has 2 aliphatic rings. The maximum atomic E-state index is 10.7. The molecule has 0 unspecified atom stereocenters. The van der Waals surface area contributed by atoms with Crippen LogP contribution in [-0.4, -0.2) is 89.3 Å². The van der Waals surface area contributed by atoms with E-state index in [9.17, 15) is 19.8 Å². The van der Waals surface area contributed by atoms with Gasteiger partial charge in [-0.3, -0.25) is 0 Å². The second-order valence-electron chi connectivity index (χ2n) is 14.2. The minimum atomic E-state index is -1.24. The first-order valence-electron chi connectivity index (χ1n) is 18.7. The van der Waals surface area contributed by atoms with Crippen molar-refractivity contribution >= 4 is 72.4 Å². The van der Waals surface area contributed by atoms with Gasteiger partial charge in [0.1, 0.15) is 35.9 Å². The van der Waals surface area contributed by atoms with E-state index >= 15 is 0 Å². The Balaban J connectivity index is 0.000000195. The van der Waals surface area contributed by atoms with Crippen LogP contribution in [0.25, 0.3) is 20.9 Å². The minimum absolute atomic E-state index is 0. The minimum Gasteiger partial charge on any atom is -0.548 e. The van der Waals surface area contributed by atoms with E-state index in [0.717, 1.165) is 33.8 Å². The molecular weight excluding hydrogens is 817 g/mol. The first-order valence-corrected chi connectivity index (χ1v) is 20.4. The topological polar surface area (TPSA) is 136 Å². The third-order valence-corrected chi connectivity index (χ3v) is 12.1. The Hall–Kier alpha value is -4.08. The van der Waals surface area contributed by atoms with Crippen LogP contribution in [0.5, 0.6) is 11.5 Å². The molecule has 4 aromatic carbocycles. The van der Waals surface area contributed by atoms with Gasteiger partial charge in [-0.1, -0.05) is 60.7 Å². The molecule has 2 aromatic heterocycles. The average Bonchev–Trinajstić information content (AvgIpc) is 3.84. The van der Waals surface area contributed by atoms with Crippen LogP contribution in [0.4, 0.5) is 0 Å². The largest absolute Gasteiger partial charge is 2.00 e. The number of hydrogen-bond acceptors (Lipinski definition) is 12. The maximum absolute atomic E-state index is 10.7. The number of rotatable bonds is 16. The Morgan fingerprint density at radius 3 is 1.29 bits per heavy atom. The van der Waals surface area contributed by atoms with E-state index in [-0.39, 0.29) is 37.7 Å². The van der Waals surface area contributed by atoms with E-state index in [2.05, 4.69) is 73.1 Å². The number of ether oxygens (including phenoxy) is 6. The van der Waals surface area contributed by atoms with Crippen LogP contribution < -0.4 is 19.7 Å². The smallest absolute Gasteiger partial charge is 0.548 e. The van der Waals surface area contributed by atoms with Crippen LogP contribution in [0.1, 0.15) is 33.4 Å². The van der Waals surface area contributed by atoms with Gasteiger partial charge in [-0.2, -0.15) is 0 Å². The zero-order chi connectivity index (χ0) is 40.5. The Morgan fingerprint density at radius 1 is 0.593 bits per heavy atom. The predicted molar refractivity (Wildman–Crippen MR) is 223 cm³/mol. The van der Waals surface area contributed by atoms with Crippen molar-refractivity contribution in [1.29, 1.82) is 0 Å². The predicted octanol–water partition coefficient (Wildman–Crippen LogP) is 6.21. The molecule has 0 radical (unpaired) electrons. The molecule has 8 rings (SSSR count). The van der Waals surface area contributed by atoms with Gasteiger partial charge in [0.15, 0.2) is 0 Å². The second kappa shape index (κ2) is 20.5. The van der Waals surface area contributed by atoms with Crippen molar-refractivity contribution in [1.82, 2.24) is 0 Å². The molecule has 0 spiro atoms.